The Morgan fingerprint density at radius 1 is 1.32 bits per heavy atom. The Morgan fingerprint density at radius 3 is 2.68 bits per heavy atom. The summed E-state index contributed by atoms with van der Waals surface area (Å²) in [6.07, 6.45) is -0.533. The summed E-state index contributed by atoms with van der Waals surface area (Å²) in [5.74, 6) is 0.274. The quantitative estimate of drug-likeness (QED) is 0.760. The van der Waals surface area contributed by atoms with E-state index in [1.165, 1.54) is 6.07 Å². The minimum absolute atomic E-state index is 0.194. The van der Waals surface area contributed by atoms with Crippen LogP contribution in [0.4, 0.5) is 4.39 Å². The first-order valence-electron chi connectivity index (χ1n) is 6.70. The van der Waals surface area contributed by atoms with Gasteiger partial charge in [-0.05, 0) is 30.0 Å². The van der Waals surface area contributed by atoms with E-state index in [1.54, 1.807) is 13.0 Å². The second-order valence-corrected chi connectivity index (χ2v) is 5.30. The smallest absolute Gasteiger partial charge is 0.126 e. The minimum atomic E-state index is -0.533. The van der Waals surface area contributed by atoms with Gasteiger partial charge in [0.2, 0.25) is 0 Å². The molecule has 0 heterocycles. The van der Waals surface area contributed by atoms with E-state index in [0.29, 0.717) is 37.8 Å². The average molecular weight is 269 g/mol. The van der Waals surface area contributed by atoms with Gasteiger partial charge in [0.25, 0.3) is 0 Å². The molecule has 0 aliphatic heterocycles. The molecule has 0 radical (unpaired) electrons. The Kier molecular flexibility index (Phi) is 6.99. The largest absolute Gasteiger partial charge is 0.389 e. The first-order chi connectivity index (χ1) is 8.99. The van der Waals surface area contributed by atoms with Crippen LogP contribution in [0.2, 0.25) is 0 Å². The highest BCUT2D eigenvalue weighted by molar-refractivity contribution is 5.23. The van der Waals surface area contributed by atoms with Gasteiger partial charge in [0.05, 0.1) is 12.7 Å². The lowest BCUT2D eigenvalue weighted by molar-refractivity contribution is 0.0260. The Balaban J connectivity index is 2.20. The van der Waals surface area contributed by atoms with Gasteiger partial charge in [-0.2, -0.15) is 0 Å². The standard InChI is InChI=1S/C15H24FNO2/c1-11(2)9-19-10-14(18)8-17-7-13-5-4-12(3)15(16)6-13/h4-6,11,14,17-18H,7-10H2,1-3H3. The number of hydrogen-bond acceptors (Lipinski definition) is 3. The van der Waals surface area contributed by atoms with Crippen LogP contribution in [0.25, 0.3) is 0 Å². The number of benzene rings is 1. The molecule has 108 valence electrons. The van der Waals surface area contributed by atoms with Crippen molar-refractivity contribution in [3.8, 4) is 0 Å². The summed E-state index contributed by atoms with van der Waals surface area (Å²) >= 11 is 0. The van der Waals surface area contributed by atoms with Gasteiger partial charge in [0, 0.05) is 19.7 Å². The van der Waals surface area contributed by atoms with E-state index < -0.39 is 6.10 Å². The molecule has 0 spiro atoms. The molecule has 2 N–H and O–H groups in total. The van der Waals surface area contributed by atoms with Crippen molar-refractivity contribution in [1.82, 2.24) is 5.32 Å². The van der Waals surface area contributed by atoms with Crippen LogP contribution in [-0.2, 0) is 11.3 Å². The maximum absolute atomic E-state index is 13.3. The second kappa shape index (κ2) is 8.25. The lowest BCUT2D eigenvalue weighted by atomic mass is 10.1. The molecular formula is C15H24FNO2. The molecule has 0 saturated heterocycles. The van der Waals surface area contributed by atoms with Crippen molar-refractivity contribution < 1.29 is 14.2 Å². The van der Waals surface area contributed by atoms with Gasteiger partial charge < -0.3 is 15.2 Å². The molecule has 0 saturated carbocycles. The fourth-order valence-corrected chi connectivity index (χ4v) is 1.63. The van der Waals surface area contributed by atoms with Crippen LogP contribution in [0.1, 0.15) is 25.0 Å². The van der Waals surface area contributed by atoms with Crippen LogP contribution < -0.4 is 5.32 Å². The molecule has 1 rings (SSSR count). The summed E-state index contributed by atoms with van der Waals surface area (Å²) in [6, 6.07) is 5.16. The molecular weight excluding hydrogens is 245 g/mol. The molecule has 4 heteroatoms. The maximum Gasteiger partial charge on any atom is 0.126 e. The number of rotatable bonds is 8. The van der Waals surface area contributed by atoms with E-state index in [9.17, 15) is 9.50 Å². The zero-order valence-corrected chi connectivity index (χ0v) is 11.9. The monoisotopic (exact) mass is 269 g/mol. The Labute approximate surface area is 114 Å². The fourth-order valence-electron chi connectivity index (χ4n) is 1.63. The van der Waals surface area contributed by atoms with Crippen molar-refractivity contribution in [1.29, 1.82) is 0 Å². The van der Waals surface area contributed by atoms with Crippen molar-refractivity contribution in [2.75, 3.05) is 19.8 Å². The summed E-state index contributed by atoms with van der Waals surface area (Å²) in [7, 11) is 0. The number of halogens is 1. The SMILES string of the molecule is Cc1ccc(CNCC(O)COCC(C)C)cc1F. The van der Waals surface area contributed by atoms with Crippen molar-refractivity contribution in [2.24, 2.45) is 5.92 Å². The van der Waals surface area contributed by atoms with Crippen LogP contribution in [-0.4, -0.2) is 31.0 Å². The highest BCUT2D eigenvalue weighted by atomic mass is 19.1. The van der Waals surface area contributed by atoms with Crippen LogP contribution in [0, 0.1) is 18.7 Å². The first-order valence-corrected chi connectivity index (χ1v) is 6.70. The maximum atomic E-state index is 13.3. The molecule has 0 aromatic heterocycles. The highest BCUT2D eigenvalue weighted by Gasteiger charge is 2.05. The predicted molar refractivity (Wildman–Crippen MR) is 74.5 cm³/mol. The van der Waals surface area contributed by atoms with E-state index in [-0.39, 0.29) is 5.82 Å². The summed E-state index contributed by atoms with van der Waals surface area (Å²) in [5.41, 5.74) is 1.52. The molecule has 0 bridgehead atoms. The minimum Gasteiger partial charge on any atom is -0.389 e. The van der Waals surface area contributed by atoms with Crippen molar-refractivity contribution in [3.05, 3.63) is 35.1 Å². The average Bonchev–Trinajstić information content (AvgIpc) is 2.33. The Bertz CT molecular complexity index is 382. The van der Waals surface area contributed by atoms with E-state index in [4.69, 9.17) is 4.74 Å². The number of nitrogens with one attached hydrogen (secondary N) is 1. The molecule has 1 atom stereocenters. The van der Waals surface area contributed by atoms with Crippen molar-refractivity contribution >= 4 is 0 Å². The molecule has 0 aliphatic rings. The van der Waals surface area contributed by atoms with Gasteiger partial charge in [-0.3, -0.25) is 0 Å². The zero-order valence-electron chi connectivity index (χ0n) is 11.9. The molecule has 0 aliphatic carbocycles. The van der Waals surface area contributed by atoms with Crippen LogP contribution in [0.3, 0.4) is 0 Å². The normalized spacial score (nSPS) is 12.9. The van der Waals surface area contributed by atoms with Crippen molar-refractivity contribution in [2.45, 2.75) is 33.4 Å². The molecule has 1 aromatic rings. The number of aryl methyl sites for hydroxylation is 1. The lowest BCUT2D eigenvalue weighted by Crippen LogP contribution is -2.30. The Morgan fingerprint density at radius 2 is 2.05 bits per heavy atom. The third-order valence-corrected chi connectivity index (χ3v) is 2.71. The van der Waals surface area contributed by atoms with Gasteiger partial charge in [0.15, 0.2) is 0 Å². The summed E-state index contributed by atoms with van der Waals surface area (Å²) in [4.78, 5) is 0. The van der Waals surface area contributed by atoms with Crippen LogP contribution >= 0.6 is 0 Å². The first kappa shape index (κ1) is 16.1. The van der Waals surface area contributed by atoms with Crippen molar-refractivity contribution in [3.63, 3.8) is 0 Å². The summed E-state index contributed by atoms with van der Waals surface area (Å²) in [6.45, 7) is 7.83. The molecule has 3 nitrogen and oxygen atoms in total. The zero-order chi connectivity index (χ0) is 14.3. The summed E-state index contributed by atoms with van der Waals surface area (Å²) in [5, 5.41) is 12.8. The van der Waals surface area contributed by atoms with Gasteiger partial charge in [-0.25, -0.2) is 4.39 Å². The van der Waals surface area contributed by atoms with E-state index in [0.717, 1.165) is 5.56 Å². The lowest BCUT2D eigenvalue weighted by Gasteiger charge is -2.13. The highest BCUT2D eigenvalue weighted by Crippen LogP contribution is 2.08. The van der Waals surface area contributed by atoms with E-state index >= 15 is 0 Å². The molecule has 0 amide bonds. The van der Waals surface area contributed by atoms with E-state index in [2.05, 4.69) is 19.2 Å². The number of ether oxygens (including phenoxy) is 1. The number of aliphatic hydroxyl groups excluding tert-OH is 1. The predicted octanol–water partition coefficient (Wildman–Crippen LogP) is 2.26. The molecule has 1 unspecified atom stereocenters. The third-order valence-electron chi connectivity index (χ3n) is 2.71. The van der Waals surface area contributed by atoms with E-state index in [1.807, 2.05) is 6.07 Å². The van der Waals surface area contributed by atoms with Crippen LogP contribution in [0.15, 0.2) is 18.2 Å². The number of aliphatic hydroxyl groups is 1. The second-order valence-electron chi connectivity index (χ2n) is 5.30. The van der Waals surface area contributed by atoms with Gasteiger partial charge in [-0.15, -0.1) is 0 Å². The van der Waals surface area contributed by atoms with Gasteiger partial charge >= 0.3 is 0 Å². The van der Waals surface area contributed by atoms with Crippen LogP contribution in [0.5, 0.6) is 0 Å². The van der Waals surface area contributed by atoms with Gasteiger partial charge in [0.1, 0.15) is 5.82 Å². The summed E-state index contributed by atoms with van der Waals surface area (Å²) < 4.78 is 18.7. The Hall–Kier alpha value is -0.970. The molecule has 1 aromatic carbocycles. The number of hydrogen-bond donors (Lipinski definition) is 2. The third kappa shape index (κ3) is 6.66. The topological polar surface area (TPSA) is 41.5 Å². The molecule has 19 heavy (non-hydrogen) atoms. The molecule has 0 fully saturated rings. The fraction of sp³-hybridized carbons (Fsp3) is 0.600. The van der Waals surface area contributed by atoms with Gasteiger partial charge in [-0.1, -0.05) is 26.0 Å².